The Bertz CT molecular complexity index is 2970. The van der Waals surface area contributed by atoms with Crippen LogP contribution in [0.25, 0.3) is 0 Å². The summed E-state index contributed by atoms with van der Waals surface area (Å²) in [6.45, 7) is 2.94. The molecule has 6 saturated heterocycles. The van der Waals surface area contributed by atoms with Crippen molar-refractivity contribution in [3.8, 4) is 0 Å². The largest absolute Gasteiger partial charge is 0.472 e. The Hall–Kier alpha value is -1.32. The van der Waals surface area contributed by atoms with Crippen molar-refractivity contribution in [1.29, 1.82) is 0 Å². The third kappa shape index (κ3) is 25.8. The summed E-state index contributed by atoms with van der Waals surface area (Å²) in [5.74, 6) is -0.423. The first-order valence-corrected chi connectivity index (χ1v) is 38.4. The number of nitrogen functional groups attached to an aromatic ring is 1. The van der Waals surface area contributed by atoms with E-state index in [4.69, 9.17) is 88.4 Å². The van der Waals surface area contributed by atoms with E-state index in [1.807, 2.05) is 0 Å². The van der Waals surface area contributed by atoms with Gasteiger partial charge in [0.1, 0.15) is 85.3 Å². The normalized spacial score (nSPS) is 35.2. The molecule has 11 N–H and O–H groups in total. The van der Waals surface area contributed by atoms with E-state index in [9.17, 15) is 80.7 Å². The fourth-order valence-corrected chi connectivity index (χ4v) is 16.3. The number of carbonyl (C=O) groups is 1. The number of hydrogen-bond acceptors (Lipinski definition) is 30. The van der Waals surface area contributed by atoms with Crippen LogP contribution in [-0.4, -0.2) is 212 Å². The number of nitrogens with one attached hydrogen (secondary N) is 1. The van der Waals surface area contributed by atoms with Crippen LogP contribution < -0.4 is 16.7 Å². The molecular formula is C44H81N4O36P7. The highest BCUT2D eigenvalue weighted by Crippen LogP contribution is 2.55. The zero-order valence-electron chi connectivity index (χ0n) is 48.9. The summed E-state index contributed by atoms with van der Waals surface area (Å²) in [4.78, 5) is 110. The molecule has 91 heavy (non-hydrogen) atoms. The van der Waals surface area contributed by atoms with E-state index in [1.165, 1.54) is 19.2 Å². The van der Waals surface area contributed by atoms with Crippen LogP contribution in [0.3, 0.4) is 0 Å². The minimum Gasteiger partial charge on any atom is -0.383 e. The molecule has 6 fully saturated rings. The first kappa shape index (κ1) is 78.7. The van der Waals surface area contributed by atoms with E-state index < -0.39 is 204 Å². The summed E-state index contributed by atoms with van der Waals surface area (Å²) < 4.78 is 193. The minimum atomic E-state index is -5.14. The lowest BCUT2D eigenvalue weighted by Crippen LogP contribution is -2.32. The van der Waals surface area contributed by atoms with Crippen LogP contribution in [0.5, 0.6) is 0 Å². The Balaban J connectivity index is 0.0000132. The second kappa shape index (κ2) is 33.5. The Morgan fingerprint density at radius 1 is 0.538 bits per heavy atom. The molecule has 47 heteroatoms. The highest BCUT2D eigenvalue weighted by molar-refractivity contribution is 7.49. The average Bonchev–Trinajstić information content (AvgIpc) is 1.73. The van der Waals surface area contributed by atoms with Gasteiger partial charge in [0, 0.05) is 64.8 Å². The lowest BCUT2D eigenvalue weighted by atomic mass is 10.1. The molecule has 40 nitrogen and oxygen atoms in total. The zero-order valence-corrected chi connectivity index (χ0v) is 55.2. The van der Waals surface area contributed by atoms with Crippen molar-refractivity contribution in [3.63, 3.8) is 0 Å². The monoisotopic (exact) mass is 1460 g/mol. The summed E-state index contributed by atoms with van der Waals surface area (Å²) in [6, 6.07) is 1.25. The minimum absolute atomic E-state index is 0. The number of aromatic nitrogens is 2. The molecule has 0 aromatic carbocycles. The standard InChI is InChI=1S/C43H77N4O36P7.CH4/c1-24-13-30(79-85(53,54)66-11-6-9-45-28(5)48)36(73-24)21-70-88(59,60)81-32-15-26(3)75-38(32)23-72-90(63,64)82-33-16-27(4)76-39(33)22-71-89(61,62)80-31-14-25(2)74-37(31)20-69-86(55,56)78-29-8-12-65-35(29)18-68-87(57,58)83-34-17-42(47-10-7-41(44)46-43(47)49)77-40(34)19-67-84(50,51)52;/h7,10,24-27,29-40,42H,6,8-9,11-23H2,1-5H3,(H,45,48)(H,53,54)(H,55,56)(H,57,58)(H,59,60)(H,61,62)(H,63,64)(H2,44,46,49)(H2,50,51,52);1H4. The number of hydrogen-bond donors (Lipinski definition) is 10. The van der Waals surface area contributed by atoms with Crippen LogP contribution in [0, 0.1) is 0 Å². The first-order chi connectivity index (χ1) is 41.8. The van der Waals surface area contributed by atoms with Crippen molar-refractivity contribution in [2.24, 2.45) is 0 Å². The van der Waals surface area contributed by atoms with Crippen molar-refractivity contribution in [2.75, 3.05) is 65.1 Å². The maximum absolute atomic E-state index is 13.4. The highest BCUT2D eigenvalue weighted by Gasteiger charge is 2.49. The predicted molar refractivity (Wildman–Crippen MR) is 304 cm³/mol. The molecule has 1 aromatic heterocycles. The summed E-state index contributed by atoms with van der Waals surface area (Å²) in [5, 5.41) is 2.51. The second-order valence-corrected chi connectivity index (χ2v) is 31.3. The number of ether oxygens (including phenoxy) is 6. The van der Waals surface area contributed by atoms with Gasteiger partial charge >= 0.3 is 60.4 Å². The molecule has 23 unspecified atom stereocenters. The van der Waals surface area contributed by atoms with E-state index in [2.05, 4.69) is 14.8 Å². The van der Waals surface area contributed by atoms with Gasteiger partial charge in [0.05, 0.1) is 70.7 Å². The topological polar surface area (TPSA) is 547 Å². The number of amides is 1. The SMILES string of the molecule is C.CC(=O)NCCCOP(=O)(O)OC1CC(C)OC1COP(=O)(O)OC1CC(C)OC1COP(=O)(O)OC1CC(C)OC1COP(=O)(O)OC1CC(C)OC1COP(=O)(O)OC1CCOC1COP(=O)(O)OC1CC(n2ccc(N)nc2=O)OC1COP(=O)(O)O. The van der Waals surface area contributed by atoms with E-state index in [1.54, 1.807) is 27.7 Å². The molecule has 6 aliphatic rings. The number of nitrogens with zero attached hydrogens (tertiary/aromatic N) is 2. The number of carbonyl (C=O) groups excluding carboxylic acids is 1. The molecule has 0 radical (unpaired) electrons. The van der Waals surface area contributed by atoms with Crippen LogP contribution in [-0.2, 0) is 124 Å². The molecule has 6 aliphatic heterocycles. The molecule has 7 rings (SSSR count). The predicted octanol–water partition coefficient (Wildman–Crippen LogP) is 2.90. The Kier molecular flexibility index (Phi) is 29.0. The summed E-state index contributed by atoms with van der Waals surface area (Å²) in [7, 11) is -35.1. The molecule has 0 aliphatic carbocycles. The molecule has 528 valence electrons. The Morgan fingerprint density at radius 3 is 1.25 bits per heavy atom. The van der Waals surface area contributed by atoms with Gasteiger partial charge in [-0.25, -0.2) is 36.7 Å². The molecule has 1 aromatic rings. The lowest BCUT2D eigenvalue weighted by molar-refractivity contribution is -0.119. The van der Waals surface area contributed by atoms with Crippen LogP contribution >= 0.6 is 54.8 Å². The number of rotatable bonds is 36. The number of anilines is 1. The molecule has 0 spiro atoms. The Morgan fingerprint density at radius 2 is 0.879 bits per heavy atom. The third-order valence-electron chi connectivity index (χ3n) is 14.0. The zero-order chi connectivity index (χ0) is 66.2. The number of nitrogens with two attached hydrogens (primary N) is 1. The Labute approximate surface area is 521 Å². The quantitative estimate of drug-likeness (QED) is 0.0341. The van der Waals surface area contributed by atoms with Gasteiger partial charge in [-0.2, -0.15) is 4.98 Å². The lowest BCUT2D eigenvalue weighted by Gasteiger charge is -2.26. The fourth-order valence-electron chi connectivity index (χ4n) is 10.1. The van der Waals surface area contributed by atoms with Crippen LogP contribution in [0.1, 0.15) is 93.2 Å². The first-order valence-electron chi connectivity index (χ1n) is 27.9. The molecule has 0 saturated carbocycles. The summed E-state index contributed by atoms with van der Waals surface area (Å²) >= 11 is 0. The molecule has 23 atom stereocenters. The number of phosphoric ester groups is 7. The molecule has 7 heterocycles. The van der Waals surface area contributed by atoms with Crippen molar-refractivity contribution < 1.29 is 163 Å². The van der Waals surface area contributed by atoms with Crippen molar-refractivity contribution in [3.05, 3.63) is 22.7 Å². The third-order valence-corrected chi connectivity index (χ3v) is 20.6. The highest BCUT2D eigenvalue weighted by atomic mass is 31.2. The van der Waals surface area contributed by atoms with Crippen molar-refractivity contribution in [2.45, 2.75) is 191 Å². The number of phosphoric acid groups is 7. The van der Waals surface area contributed by atoms with Gasteiger partial charge in [-0.15, -0.1) is 0 Å². The van der Waals surface area contributed by atoms with Gasteiger partial charge < -0.3 is 78.6 Å². The maximum Gasteiger partial charge on any atom is 0.472 e. The summed E-state index contributed by atoms with van der Waals surface area (Å²) in [6.07, 6.45) is -18.2. The van der Waals surface area contributed by atoms with Gasteiger partial charge in [-0.3, -0.25) is 68.2 Å². The van der Waals surface area contributed by atoms with Crippen molar-refractivity contribution in [1.82, 2.24) is 14.9 Å². The van der Waals surface area contributed by atoms with Crippen molar-refractivity contribution >= 4 is 66.5 Å². The van der Waals surface area contributed by atoms with E-state index in [0.717, 1.165) is 4.57 Å². The van der Waals surface area contributed by atoms with E-state index in [-0.39, 0.29) is 83.9 Å². The summed E-state index contributed by atoms with van der Waals surface area (Å²) in [5.41, 5.74) is 4.66. The molecular weight excluding hydrogens is 1380 g/mol. The van der Waals surface area contributed by atoms with Crippen LogP contribution in [0.15, 0.2) is 17.1 Å². The van der Waals surface area contributed by atoms with E-state index in [0.29, 0.717) is 0 Å². The smallest absolute Gasteiger partial charge is 0.383 e. The van der Waals surface area contributed by atoms with Gasteiger partial charge in [-0.1, -0.05) is 7.43 Å². The fraction of sp³-hybridized carbons (Fsp3) is 0.886. The van der Waals surface area contributed by atoms with Gasteiger partial charge in [-0.05, 0) is 40.2 Å². The van der Waals surface area contributed by atoms with Gasteiger partial charge in [0.2, 0.25) is 5.91 Å². The second-order valence-electron chi connectivity index (χ2n) is 21.6. The molecule has 0 bridgehead atoms. The molecule has 1 amide bonds. The van der Waals surface area contributed by atoms with Crippen LogP contribution in [0.2, 0.25) is 0 Å². The average molecular weight is 1460 g/mol. The van der Waals surface area contributed by atoms with Gasteiger partial charge in [0.25, 0.3) is 0 Å². The van der Waals surface area contributed by atoms with E-state index >= 15 is 0 Å². The maximum atomic E-state index is 13.4. The van der Waals surface area contributed by atoms with Crippen LogP contribution in [0.4, 0.5) is 5.82 Å². The van der Waals surface area contributed by atoms with Gasteiger partial charge in [0.15, 0.2) is 0 Å².